The number of amides is 1. The molecule has 4 nitrogen and oxygen atoms in total. The molecule has 0 aromatic heterocycles. The summed E-state index contributed by atoms with van der Waals surface area (Å²) in [6, 6.07) is 4.38. The van der Waals surface area contributed by atoms with E-state index in [0.717, 1.165) is 0 Å². The summed E-state index contributed by atoms with van der Waals surface area (Å²) in [4.78, 5) is 23.4. The minimum absolute atomic E-state index is 0.0567. The lowest BCUT2D eigenvalue weighted by Crippen LogP contribution is -2.30. The zero-order valence-electron chi connectivity index (χ0n) is 10.9. The van der Waals surface area contributed by atoms with Crippen LogP contribution in [0.25, 0.3) is 0 Å². The maximum atomic E-state index is 13.7. The Labute approximate surface area is 124 Å². The summed E-state index contributed by atoms with van der Waals surface area (Å²) in [5.74, 6) is -3.10. The van der Waals surface area contributed by atoms with Gasteiger partial charge < -0.3 is 10.4 Å². The van der Waals surface area contributed by atoms with Gasteiger partial charge in [-0.05, 0) is 46.8 Å². The Balaban J connectivity index is 2.18. The Bertz CT molecular complexity index is 529. The first-order chi connectivity index (χ1) is 9.40. The van der Waals surface area contributed by atoms with Gasteiger partial charge in [0.15, 0.2) is 0 Å². The number of anilines is 1. The maximum Gasteiger partial charge on any atom is 0.307 e. The number of carboxylic acids is 1. The number of carbonyl (C=O) groups is 2. The van der Waals surface area contributed by atoms with Gasteiger partial charge in [0, 0.05) is 4.47 Å². The molecule has 1 fully saturated rings. The van der Waals surface area contributed by atoms with Gasteiger partial charge in [0.2, 0.25) is 5.91 Å². The Hall–Kier alpha value is -1.43. The molecule has 20 heavy (non-hydrogen) atoms. The second-order valence-electron chi connectivity index (χ2n) is 5.21. The summed E-state index contributed by atoms with van der Waals surface area (Å²) in [5, 5.41) is 11.7. The molecule has 2 N–H and O–H groups in total. The fraction of sp³-hybridized carbons (Fsp3) is 0.429. The molecule has 0 aliphatic heterocycles. The molecule has 0 saturated heterocycles. The van der Waals surface area contributed by atoms with E-state index in [1.807, 2.05) is 6.92 Å². The summed E-state index contributed by atoms with van der Waals surface area (Å²) < 4.78 is 14.1. The molecule has 1 aromatic rings. The summed E-state index contributed by atoms with van der Waals surface area (Å²) >= 11 is 3.17. The lowest BCUT2D eigenvalue weighted by Gasteiger charge is -2.16. The van der Waals surface area contributed by atoms with E-state index in [-0.39, 0.29) is 11.6 Å². The van der Waals surface area contributed by atoms with Crippen molar-refractivity contribution in [3.05, 3.63) is 28.5 Å². The SMILES string of the molecule is CC1C[C@H](C(=O)Nc2c(F)cccc2Br)[C@H](C(=O)O)C1. The summed E-state index contributed by atoms with van der Waals surface area (Å²) in [7, 11) is 0. The second kappa shape index (κ2) is 5.91. The van der Waals surface area contributed by atoms with Crippen LogP contribution in [0.4, 0.5) is 10.1 Å². The average Bonchev–Trinajstić information content (AvgIpc) is 2.76. The van der Waals surface area contributed by atoms with Gasteiger partial charge in [-0.1, -0.05) is 13.0 Å². The topological polar surface area (TPSA) is 66.4 Å². The van der Waals surface area contributed by atoms with Gasteiger partial charge in [-0.2, -0.15) is 0 Å². The third-order valence-corrected chi connectivity index (χ3v) is 4.32. The molecule has 0 spiro atoms. The van der Waals surface area contributed by atoms with Crippen molar-refractivity contribution in [2.75, 3.05) is 5.32 Å². The molecule has 6 heteroatoms. The quantitative estimate of drug-likeness (QED) is 0.884. The van der Waals surface area contributed by atoms with Crippen molar-refractivity contribution >= 4 is 33.5 Å². The van der Waals surface area contributed by atoms with Crippen LogP contribution < -0.4 is 5.32 Å². The normalized spacial score (nSPS) is 25.4. The van der Waals surface area contributed by atoms with E-state index in [9.17, 15) is 14.0 Å². The molecule has 1 saturated carbocycles. The van der Waals surface area contributed by atoms with Crippen molar-refractivity contribution in [1.82, 2.24) is 0 Å². The number of carbonyl (C=O) groups excluding carboxylic acids is 1. The third-order valence-electron chi connectivity index (χ3n) is 3.66. The van der Waals surface area contributed by atoms with Gasteiger partial charge in [-0.15, -0.1) is 0 Å². The lowest BCUT2D eigenvalue weighted by molar-refractivity contribution is -0.145. The first kappa shape index (κ1) is 15.0. The first-order valence-electron chi connectivity index (χ1n) is 6.37. The zero-order valence-corrected chi connectivity index (χ0v) is 12.5. The predicted molar refractivity (Wildman–Crippen MR) is 75.7 cm³/mol. The van der Waals surface area contributed by atoms with Gasteiger partial charge in [0.1, 0.15) is 5.82 Å². The van der Waals surface area contributed by atoms with Crippen LogP contribution in [-0.4, -0.2) is 17.0 Å². The predicted octanol–water partition coefficient (Wildman–Crippen LogP) is 3.27. The van der Waals surface area contributed by atoms with Crippen LogP contribution in [0.2, 0.25) is 0 Å². The maximum absolute atomic E-state index is 13.7. The molecule has 1 aromatic carbocycles. The van der Waals surface area contributed by atoms with E-state index >= 15 is 0 Å². The molecule has 3 atom stereocenters. The summed E-state index contributed by atoms with van der Waals surface area (Å²) in [5.41, 5.74) is 0.0567. The highest BCUT2D eigenvalue weighted by molar-refractivity contribution is 9.10. The minimum atomic E-state index is -0.970. The molecular weight excluding hydrogens is 329 g/mol. The average molecular weight is 344 g/mol. The van der Waals surface area contributed by atoms with Crippen molar-refractivity contribution in [2.45, 2.75) is 19.8 Å². The Kier molecular flexibility index (Phi) is 4.42. The van der Waals surface area contributed by atoms with Crippen molar-refractivity contribution < 1.29 is 19.1 Å². The molecule has 108 valence electrons. The number of rotatable bonds is 3. The van der Waals surface area contributed by atoms with E-state index in [0.29, 0.717) is 17.3 Å². The zero-order chi connectivity index (χ0) is 14.9. The number of hydrogen-bond acceptors (Lipinski definition) is 2. The van der Waals surface area contributed by atoms with E-state index in [4.69, 9.17) is 5.11 Å². The molecule has 1 aliphatic carbocycles. The fourth-order valence-electron chi connectivity index (χ4n) is 2.69. The third kappa shape index (κ3) is 3.00. The molecule has 1 aliphatic rings. The van der Waals surface area contributed by atoms with Crippen LogP contribution in [0.1, 0.15) is 19.8 Å². The van der Waals surface area contributed by atoms with Crippen molar-refractivity contribution in [1.29, 1.82) is 0 Å². The fourth-order valence-corrected chi connectivity index (χ4v) is 3.13. The summed E-state index contributed by atoms with van der Waals surface area (Å²) in [6.45, 7) is 1.92. The number of para-hydroxylation sites is 1. The van der Waals surface area contributed by atoms with Crippen molar-refractivity contribution in [3.63, 3.8) is 0 Å². The van der Waals surface area contributed by atoms with Crippen LogP contribution in [0.3, 0.4) is 0 Å². The molecule has 2 rings (SSSR count). The number of benzene rings is 1. The van der Waals surface area contributed by atoms with Crippen LogP contribution in [-0.2, 0) is 9.59 Å². The first-order valence-corrected chi connectivity index (χ1v) is 7.17. The van der Waals surface area contributed by atoms with Gasteiger partial charge in [-0.3, -0.25) is 9.59 Å². The smallest absolute Gasteiger partial charge is 0.307 e. The van der Waals surface area contributed by atoms with Crippen LogP contribution in [0, 0.1) is 23.6 Å². The standard InChI is InChI=1S/C14H15BrFNO3/c1-7-5-8(9(6-7)14(19)20)13(18)17-12-10(15)3-2-4-11(12)16/h2-4,7-9H,5-6H2,1H3,(H,17,18)(H,19,20)/t7?,8-,9+/m0/s1. The number of carboxylic acid groups (broad SMARTS) is 1. The highest BCUT2D eigenvalue weighted by Crippen LogP contribution is 2.37. The molecule has 0 bridgehead atoms. The van der Waals surface area contributed by atoms with Gasteiger partial charge >= 0.3 is 5.97 Å². The lowest BCUT2D eigenvalue weighted by atomic mass is 9.95. The molecular formula is C14H15BrFNO3. The highest BCUT2D eigenvalue weighted by Gasteiger charge is 2.41. The number of hydrogen-bond donors (Lipinski definition) is 2. The summed E-state index contributed by atoms with van der Waals surface area (Å²) in [6.07, 6.45) is 0.987. The number of aliphatic carboxylic acids is 1. The van der Waals surface area contributed by atoms with E-state index in [1.165, 1.54) is 12.1 Å². The van der Waals surface area contributed by atoms with E-state index in [2.05, 4.69) is 21.2 Å². The van der Waals surface area contributed by atoms with Gasteiger partial charge in [0.25, 0.3) is 0 Å². The van der Waals surface area contributed by atoms with Crippen LogP contribution in [0.15, 0.2) is 22.7 Å². The molecule has 0 heterocycles. The largest absolute Gasteiger partial charge is 0.481 e. The molecule has 0 radical (unpaired) electrons. The van der Waals surface area contributed by atoms with E-state index < -0.39 is 29.5 Å². The van der Waals surface area contributed by atoms with Crippen LogP contribution >= 0.6 is 15.9 Å². The molecule has 1 unspecified atom stereocenters. The number of nitrogens with one attached hydrogen (secondary N) is 1. The Morgan fingerprint density at radius 1 is 1.35 bits per heavy atom. The second-order valence-corrected chi connectivity index (χ2v) is 6.07. The van der Waals surface area contributed by atoms with Crippen molar-refractivity contribution in [2.24, 2.45) is 17.8 Å². The number of halogens is 2. The highest BCUT2D eigenvalue weighted by atomic mass is 79.9. The van der Waals surface area contributed by atoms with Crippen molar-refractivity contribution in [3.8, 4) is 0 Å². The van der Waals surface area contributed by atoms with Crippen LogP contribution in [0.5, 0.6) is 0 Å². The Morgan fingerprint density at radius 2 is 2.00 bits per heavy atom. The monoisotopic (exact) mass is 343 g/mol. The minimum Gasteiger partial charge on any atom is -0.481 e. The van der Waals surface area contributed by atoms with E-state index in [1.54, 1.807) is 6.07 Å². The van der Waals surface area contributed by atoms with Gasteiger partial charge in [-0.25, -0.2) is 4.39 Å². The molecule has 1 amide bonds. The van der Waals surface area contributed by atoms with Gasteiger partial charge in [0.05, 0.1) is 17.5 Å². The Morgan fingerprint density at radius 3 is 2.60 bits per heavy atom.